The fraction of sp³-hybridized carbons (Fsp3) is 0.500. The Labute approximate surface area is 97.3 Å². The van der Waals surface area contributed by atoms with E-state index < -0.39 is 10.2 Å². The summed E-state index contributed by atoms with van der Waals surface area (Å²) in [6.07, 6.45) is 6.82. The van der Waals surface area contributed by atoms with Crippen LogP contribution in [0.3, 0.4) is 0 Å². The molecule has 0 bridgehead atoms. The van der Waals surface area contributed by atoms with Gasteiger partial charge in [0.2, 0.25) is 0 Å². The Morgan fingerprint density at radius 3 is 2.06 bits per heavy atom. The van der Waals surface area contributed by atoms with E-state index in [0.717, 1.165) is 6.54 Å². The molecule has 1 aromatic rings. The molecule has 0 aliphatic rings. The van der Waals surface area contributed by atoms with E-state index in [0.29, 0.717) is 0 Å². The molecule has 16 heavy (non-hydrogen) atoms. The molecule has 0 spiro atoms. The number of rotatable bonds is 3. The van der Waals surface area contributed by atoms with Crippen molar-refractivity contribution < 1.29 is 33.4 Å². The van der Waals surface area contributed by atoms with Crippen LogP contribution >= 0.6 is 0 Å². The second-order valence-corrected chi connectivity index (χ2v) is 4.15. The van der Waals surface area contributed by atoms with Gasteiger partial charge in [0.05, 0.1) is 14.9 Å². The fourth-order valence-corrected chi connectivity index (χ4v) is 1.02. The summed E-state index contributed by atoms with van der Waals surface area (Å²) in [6.45, 7) is 5.48. The summed E-state index contributed by atoms with van der Waals surface area (Å²) in [7, 11) is -4.69. The second-order valence-electron chi connectivity index (χ2n) is 3.36. The van der Waals surface area contributed by atoms with Crippen molar-refractivity contribution in [2.24, 2.45) is 0 Å². The molecule has 92 valence electrons. The van der Waals surface area contributed by atoms with E-state index in [4.69, 9.17) is 18.6 Å². The number of nitrogens with zero attached hydrogens (tertiary/aromatic N) is 1. The Morgan fingerprint density at radius 2 is 1.69 bits per heavy atom. The first kappa shape index (κ1) is 15.3. The maximum Gasteiger partial charge on any atom is 0.169 e. The Morgan fingerprint density at radius 1 is 1.25 bits per heavy atom. The van der Waals surface area contributed by atoms with Crippen molar-refractivity contribution in [3.63, 3.8) is 0 Å². The largest absolute Gasteiger partial charge is 0.205 e. The molecule has 0 aromatic carbocycles. The van der Waals surface area contributed by atoms with Crippen molar-refractivity contribution in [1.82, 2.24) is 0 Å². The third kappa shape index (κ3) is 11.4. The number of unbranched alkanes of at least 4 members (excludes halogenated alkanes) is 1. The Kier molecular flexibility index (Phi) is 7.20. The van der Waals surface area contributed by atoms with Gasteiger partial charge in [-0.2, -0.15) is 14.0 Å². The first-order chi connectivity index (χ1) is 7.33. The topological polar surface area (TPSA) is 93.3 Å². The Bertz CT molecular complexity index is 278. The maximum atomic E-state index is 8.60. The van der Waals surface area contributed by atoms with E-state index in [-0.39, 0.29) is 0 Å². The predicted molar refractivity (Wildman–Crippen MR) is 48.5 cm³/mol. The monoisotopic (exact) mass is 250 g/mol. The number of hydrogen-bond donors (Lipinski definition) is 1. The zero-order chi connectivity index (χ0) is 12.6. The zero-order valence-electron chi connectivity index (χ0n) is 9.43. The lowest BCUT2D eigenvalue weighted by Crippen LogP contribution is -2.58. The molecule has 0 unspecified atom stereocenters. The third-order valence-corrected chi connectivity index (χ3v) is 1.83. The molecule has 0 amide bonds. The van der Waals surface area contributed by atoms with E-state index in [1.807, 2.05) is 0 Å². The highest BCUT2D eigenvalue weighted by molar-refractivity contribution is 5.03. The second kappa shape index (κ2) is 7.54. The van der Waals surface area contributed by atoms with Crippen molar-refractivity contribution in [3.05, 3.63) is 30.1 Å². The summed E-state index contributed by atoms with van der Waals surface area (Å²) in [4.78, 5) is 0. The summed E-state index contributed by atoms with van der Waals surface area (Å²) in [5.74, 6) is 0. The van der Waals surface area contributed by atoms with Crippen molar-refractivity contribution >= 4 is 0 Å². The van der Waals surface area contributed by atoms with Gasteiger partial charge in [0.1, 0.15) is 6.54 Å². The van der Waals surface area contributed by atoms with Crippen LogP contribution in [-0.2, 0) is 6.54 Å². The highest BCUT2D eigenvalue weighted by Gasteiger charge is 1.98. The number of halogens is 1. The Hall–Kier alpha value is -0.720. The molecule has 0 saturated heterocycles. The number of aromatic nitrogens is 1. The SMILES string of the molecule is CCCC[n+]1ccc(C)cc1.[O-][Cl+3]([O-])([O-])O. The summed E-state index contributed by atoms with van der Waals surface area (Å²) < 4.78 is 35.0. The molecule has 5 nitrogen and oxygen atoms in total. The highest BCUT2D eigenvalue weighted by Crippen LogP contribution is 1.91. The summed E-state index contributed by atoms with van der Waals surface area (Å²) >= 11 is 0. The van der Waals surface area contributed by atoms with Crippen molar-refractivity contribution in [2.75, 3.05) is 0 Å². The van der Waals surface area contributed by atoms with Crippen LogP contribution in [0.1, 0.15) is 25.3 Å². The van der Waals surface area contributed by atoms with Crippen LogP contribution in [0.25, 0.3) is 0 Å². The molecule has 0 saturated carbocycles. The minimum atomic E-state index is -4.69. The average molecular weight is 251 g/mol. The molecule has 1 N–H and O–H groups in total. The molecule has 0 aliphatic heterocycles. The molecular weight excluding hydrogens is 234 g/mol. The van der Waals surface area contributed by atoms with Gasteiger partial charge < -0.3 is 0 Å². The van der Waals surface area contributed by atoms with E-state index >= 15 is 0 Å². The van der Waals surface area contributed by atoms with Gasteiger partial charge in [0, 0.05) is 18.6 Å². The standard InChI is InChI=1S/C10H16N.ClHO4/c1-3-4-7-11-8-5-10(2)6-9-11;2-1(3,4)5/h5-6,8-9H,3-4,7H2,1-2H3;(H,2,3,4,5)/q+1;. The van der Waals surface area contributed by atoms with Crippen LogP contribution in [0.5, 0.6) is 0 Å². The van der Waals surface area contributed by atoms with Crippen LogP contribution in [0.4, 0.5) is 0 Å². The molecule has 1 rings (SSSR count). The lowest BCUT2D eigenvalue weighted by molar-refractivity contribution is -1.92. The zero-order valence-corrected chi connectivity index (χ0v) is 10.2. The smallest absolute Gasteiger partial charge is 0.169 e. The molecule has 0 fully saturated rings. The van der Waals surface area contributed by atoms with E-state index in [2.05, 4.69) is 42.9 Å². The molecule has 0 aliphatic carbocycles. The number of hydrogen-bond acceptors (Lipinski definition) is 4. The van der Waals surface area contributed by atoms with Crippen LogP contribution in [0, 0.1) is 17.2 Å². The van der Waals surface area contributed by atoms with Gasteiger partial charge in [0.15, 0.2) is 12.4 Å². The first-order valence-electron chi connectivity index (χ1n) is 4.92. The minimum Gasteiger partial charge on any atom is -0.205 e. The lowest BCUT2D eigenvalue weighted by Gasteiger charge is -2.03. The van der Waals surface area contributed by atoms with Gasteiger partial charge >= 0.3 is 0 Å². The van der Waals surface area contributed by atoms with Crippen LogP contribution in [0.2, 0.25) is 0 Å². The highest BCUT2D eigenvalue weighted by atomic mass is 35.7. The normalized spacial score (nSPS) is 10.6. The number of aryl methyl sites for hydroxylation is 2. The fourth-order valence-electron chi connectivity index (χ4n) is 1.02. The van der Waals surface area contributed by atoms with E-state index in [1.54, 1.807) is 0 Å². The summed E-state index contributed by atoms with van der Waals surface area (Å²) in [6, 6.07) is 4.30. The molecule has 0 radical (unpaired) electrons. The molecular formula is C10H17ClNO4+. The van der Waals surface area contributed by atoms with Gasteiger partial charge in [-0.15, -0.1) is 0 Å². The van der Waals surface area contributed by atoms with Crippen LogP contribution in [0.15, 0.2) is 24.5 Å². The van der Waals surface area contributed by atoms with Crippen molar-refractivity contribution in [1.29, 1.82) is 0 Å². The lowest BCUT2D eigenvalue weighted by atomic mass is 10.3. The number of pyridine rings is 1. The molecule has 1 heterocycles. The molecule has 0 atom stereocenters. The van der Waals surface area contributed by atoms with Gasteiger partial charge in [0.25, 0.3) is 0 Å². The Balaban J connectivity index is 0.000000385. The van der Waals surface area contributed by atoms with Crippen molar-refractivity contribution in [3.8, 4) is 0 Å². The van der Waals surface area contributed by atoms with Gasteiger partial charge in [-0.25, -0.2) is 4.57 Å². The first-order valence-corrected chi connectivity index (χ1v) is 6.18. The van der Waals surface area contributed by atoms with Gasteiger partial charge in [-0.1, -0.05) is 13.3 Å². The maximum absolute atomic E-state index is 8.60. The average Bonchev–Trinajstić information content (AvgIpc) is 2.14. The van der Waals surface area contributed by atoms with Crippen LogP contribution < -0.4 is 18.5 Å². The van der Waals surface area contributed by atoms with E-state index in [9.17, 15) is 0 Å². The van der Waals surface area contributed by atoms with Gasteiger partial charge in [-0.05, 0) is 12.5 Å². The predicted octanol–water partition coefficient (Wildman–Crippen LogP) is -2.04. The molecule has 1 aromatic heterocycles. The van der Waals surface area contributed by atoms with Crippen molar-refractivity contribution in [2.45, 2.75) is 33.2 Å². The van der Waals surface area contributed by atoms with Crippen LogP contribution in [-0.4, -0.2) is 4.66 Å². The summed E-state index contributed by atoms with van der Waals surface area (Å²) in [5, 5.41) is 0. The minimum absolute atomic E-state index is 1.15. The summed E-state index contributed by atoms with van der Waals surface area (Å²) in [5.41, 5.74) is 1.33. The quantitative estimate of drug-likeness (QED) is 0.626. The molecule has 6 heteroatoms. The van der Waals surface area contributed by atoms with E-state index in [1.165, 1.54) is 18.4 Å². The van der Waals surface area contributed by atoms with Gasteiger partial charge in [-0.3, -0.25) is 0 Å². The third-order valence-electron chi connectivity index (χ3n) is 1.83.